The Morgan fingerprint density at radius 3 is 2.59 bits per heavy atom. The van der Waals surface area contributed by atoms with Crippen molar-refractivity contribution in [1.29, 1.82) is 0 Å². The highest BCUT2D eigenvalue weighted by molar-refractivity contribution is 5.16. The van der Waals surface area contributed by atoms with Gasteiger partial charge in [0, 0.05) is 25.6 Å². The lowest BCUT2D eigenvalue weighted by Gasteiger charge is -2.35. The molecule has 0 unspecified atom stereocenters. The van der Waals surface area contributed by atoms with Gasteiger partial charge in [-0.25, -0.2) is 4.39 Å². The Kier molecular flexibility index (Phi) is 4.10. The minimum Gasteiger partial charge on any atom is -0.396 e. The quantitative estimate of drug-likeness (QED) is 0.827. The zero-order valence-electron chi connectivity index (χ0n) is 9.72. The minimum absolute atomic E-state index is 0.000493. The molecule has 1 heterocycles. The average molecular weight is 239 g/mol. The van der Waals surface area contributed by atoms with Gasteiger partial charge in [-0.2, -0.15) is 0 Å². The smallest absolute Gasteiger partial charge is 0.123 e. The lowest BCUT2D eigenvalue weighted by atomic mass is 9.94. The molecule has 4 heteroatoms. The summed E-state index contributed by atoms with van der Waals surface area (Å²) in [5.41, 5.74) is 1.04. The first kappa shape index (κ1) is 12.5. The van der Waals surface area contributed by atoms with E-state index in [-0.39, 0.29) is 18.3 Å². The molecule has 3 nitrogen and oxygen atoms in total. The van der Waals surface area contributed by atoms with Crippen LogP contribution < -0.4 is 0 Å². The number of hydrogen-bond acceptors (Lipinski definition) is 3. The monoisotopic (exact) mass is 239 g/mol. The molecule has 0 radical (unpaired) electrons. The number of aliphatic hydroxyl groups is 2. The van der Waals surface area contributed by atoms with Gasteiger partial charge in [-0.1, -0.05) is 12.1 Å². The summed E-state index contributed by atoms with van der Waals surface area (Å²) in [4.78, 5) is 2.13. The summed E-state index contributed by atoms with van der Waals surface area (Å²) in [6, 6.07) is 6.43. The Bertz CT molecular complexity index is 355. The molecule has 0 bridgehead atoms. The summed E-state index contributed by atoms with van der Waals surface area (Å²) < 4.78 is 12.7. The van der Waals surface area contributed by atoms with E-state index in [0.717, 1.165) is 25.1 Å². The van der Waals surface area contributed by atoms with Crippen molar-refractivity contribution in [3.8, 4) is 0 Å². The first-order valence-electron chi connectivity index (χ1n) is 5.95. The van der Waals surface area contributed by atoms with Crippen molar-refractivity contribution in [3.63, 3.8) is 0 Å². The topological polar surface area (TPSA) is 43.7 Å². The van der Waals surface area contributed by atoms with E-state index in [2.05, 4.69) is 4.90 Å². The largest absolute Gasteiger partial charge is 0.396 e. The summed E-state index contributed by atoms with van der Waals surface area (Å²) in [5.74, 6) is -0.229. The predicted molar refractivity (Wildman–Crippen MR) is 62.9 cm³/mol. The maximum atomic E-state index is 12.7. The van der Waals surface area contributed by atoms with Crippen LogP contribution in [0.3, 0.4) is 0 Å². The highest BCUT2D eigenvalue weighted by Crippen LogP contribution is 2.19. The van der Waals surface area contributed by atoms with E-state index in [1.165, 1.54) is 12.1 Å². The van der Waals surface area contributed by atoms with Crippen molar-refractivity contribution >= 4 is 0 Å². The molecule has 2 rings (SSSR count). The summed E-state index contributed by atoms with van der Waals surface area (Å²) in [7, 11) is 0. The molecular formula is C13H18FNO2. The first-order valence-corrected chi connectivity index (χ1v) is 5.95. The third-order valence-electron chi connectivity index (χ3n) is 3.36. The van der Waals surface area contributed by atoms with Gasteiger partial charge in [0.25, 0.3) is 0 Å². The van der Waals surface area contributed by atoms with E-state index in [0.29, 0.717) is 6.54 Å². The number of β-amino-alcohol motifs (C(OH)–C–C–N with tert-alkyl or cyclic N) is 1. The van der Waals surface area contributed by atoms with E-state index < -0.39 is 6.10 Å². The van der Waals surface area contributed by atoms with Crippen LogP contribution in [0.25, 0.3) is 0 Å². The molecule has 1 aromatic rings. The van der Waals surface area contributed by atoms with E-state index in [1.807, 2.05) is 0 Å². The number of aliphatic hydroxyl groups excluding tert-OH is 2. The van der Waals surface area contributed by atoms with Crippen LogP contribution in [-0.2, 0) is 6.54 Å². The molecule has 0 saturated carbocycles. The minimum atomic E-state index is -0.464. The van der Waals surface area contributed by atoms with Crippen LogP contribution in [0.5, 0.6) is 0 Å². The molecule has 0 aliphatic carbocycles. The third kappa shape index (κ3) is 3.25. The fraction of sp³-hybridized carbons (Fsp3) is 0.538. The molecule has 0 spiro atoms. The lowest BCUT2D eigenvalue weighted by molar-refractivity contribution is -0.00444. The zero-order chi connectivity index (χ0) is 12.3. The van der Waals surface area contributed by atoms with Gasteiger partial charge in [-0.15, -0.1) is 0 Å². The Hall–Kier alpha value is -0.970. The van der Waals surface area contributed by atoms with Crippen molar-refractivity contribution in [1.82, 2.24) is 4.90 Å². The van der Waals surface area contributed by atoms with Crippen LogP contribution in [0, 0.1) is 11.7 Å². The van der Waals surface area contributed by atoms with Crippen molar-refractivity contribution in [3.05, 3.63) is 35.6 Å². The molecule has 0 aromatic heterocycles. The van der Waals surface area contributed by atoms with Crippen LogP contribution in [-0.4, -0.2) is 40.9 Å². The van der Waals surface area contributed by atoms with Gasteiger partial charge in [-0.3, -0.25) is 4.90 Å². The number of benzene rings is 1. The van der Waals surface area contributed by atoms with Gasteiger partial charge in [0.2, 0.25) is 0 Å². The molecule has 1 aliphatic heterocycles. The van der Waals surface area contributed by atoms with E-state index in [9.17, 15) is 9.50 Å². The number of rotatable bonds is 3. The van der Waals surface area contributed by atoms with Crippen molar-refractivity contribution in [2.45, 2.75) is 19.1 Å². The first-order chi connectivity index (χ1) is 8.19. The molecule has 17 heavy (non-hydrogen) atoms. The SMILES string of the molecule is OC[C@H]1CCN(Cc2ccc(F)cc2)C[C@@H]1O. The van der Waals surface area contributed by atoms with Gasteiger partial charge in [-0.05, 0) is 30.7 Å². The number of piperidine rings is 1. The highest BCUT2D eigenvalue weighted by Gasteiger charge is 2.26. The number of likely N-dealkylation sites (tertiary alicyclic amines) is 1. The van der Waals surface area contributed by atoms with Gasteiger partial charge in [0.15, 0.2) is 0 Å². The fourth-order valence-corrected chi connectivity index (χ4v) is 2.25. The summed E-state index contributed by atoms with van der Waals surface area (Å²) >= 11 is 0. The van der Waals surface area contributed by atoms with Gasteiger partial charge in [0.1, 0.15) is 5.82 Å². The van der Waals surface area contributed by atoms with Crippen molar-refractivity contribution < 1.29 is 14.6 Å². The predicted octanol–water partition coefficient (Wildman–Crippen LogP) is 1.00. The summed E-state index contributed by atoms with van der Waals surface area (Å²) in [5, 5.41) is 18.8. The lowest BCUT2D eigenvalue weighted by Crippen LogP contribution is -2.44. The average Bonchev–Trinajstić information content (AvgIpc) is 2.32. The number of halogens is 1. The molecule has 1 aromatic carbocycles. The van der Waals surface area contributed by atoms with Crippen molar-refractivity contribution in [2.75, 3.05) is 19.7 Å². The van der Waals surface area contributed by atoms with Gasteiger partial charge >= 0.3 is 0 Å². The molecule has 2 N–H and O–H groups in total. The maximum Gasteiger partial charge on any atom is 0.123 e. The van der Waals surface area contributed by atoms with Crippen molar-refractivity contribution in [2.24, 2.45) is 5.92 Å². The molecule has 0 amide bonds. The van der Waals surface area contributed by atoms with Gasteiger partial charge < -0.3 is 10.2 Å². The third-order valence-corrected chi connectivity index (χ3v) is 3.36. The van der Waals surface area contributed by atoms with Crippen LogP contribution in [0.1, 0.15) is 12.0 Å². The molecule has 1 aliphatic rings. The Morgan fingerprint density at radius 2 is 2.00 bits per heavy atom. The summed E-state index contributed by atoms with van der Waals surface area (Å²) in [6.45, 7) is 2.20. The Morgan fingerprint density at radius 1 is 1.29 bits per heavy atom. The second-order valence-corrected chi connectivity index (χ2v) is 4.66. The summed E-state index contributed by atoms with van der Waals surface area (Å²) in [6.07, 6.45) is 0.341. The fourth-order valence-electron chi connectivity index (χ4n) is 2.25. The molecule has 1 saturated heterocycles. The molecule has 94 valence electrons. The van der Waals surface area contributed by atoms with Crippen LogP contribution >= 0.6 is 0 Å². The van der Waals surface area contributed by atoms with Crippen LogP contribution in [0.4, 0.5) is 4.39 Å². The molecular weight excluding hydrogens is 221 g/mol. The zero-order valence-corrected chi connectivity index (χ0v) is 9.72. The molecule has 2 atom stereocenters. The normalized spacial score (nSPS) is 26.1. The second-order valence-electron chi connectivity index (χ2n) is 4.66. The van der Waals surface area contributed by atoms with Crippen LogP contribution in [0.2, 0.25) is 0 Å². The second kappa shape index (κ2) is 5.58. The highest BCUT2D eigenvalue weighted by atomic mass is 19.1. The van der Waals surface area contributed by atoms with E-state index in [4.69, 9.17) is 5.11 Å². The maximum absolute atomic E-state index is 12.7. The Balaban J connectivity index is 1.90. The molecule has 1 fully saturated rings. The number of hydrogen-bond donors (Lipinski definition) is 2. The van der Waals surface area contributed by atoms with E-state index in [1.54, 1.807) is 12.1 Å². The standard InChI is InChI=1S/C13H18FNO2/c14-12-3-1-10(2-4-12)7-15-6-5-11(9-16)13(17)8-15/h1-4,11,13,16-17H,5-9H2/t11-,13+/m1/s1. The van der Waals surface area contributed by atoms with Crippen LogP contribution in [0.15, 0.2) is 24.3 Å². The van der Waals surface area contributed by atoms with E-state index >= 15 is 0 Å². The Labute approximate surface area is 100 Å². The number of nitrogens with zero attached hydrogens (tertiary/aromatic N) is 1. The van der Waals surface area contributed by atoms with Gasteiger partial charge in [0.05, 0.1) is 6.10 Å².